The Morgan fingerprint density at radius 1 is 0.963 bits per heavy atom. The molecule has 2 aromatic rings. The molecule has 3 nitrogen and oxygen atoms in total. The van der Waals surface area contributed by atoms with Crippen molar-refractivity contribution in [2.45, 2.75) is 52.4 Å². The van der Waals surface area contributed by atoms with Crippen molar-refractivity contribution in [3.8, 4) is 0 Å². The number of rotatable bonds is 7. The predicted molar refractivity (Wildman–Crippen MR) is 114 cm³/mol. The van der Waals surface area contributed by atoms with E-state index in [4.69, 9.17) is 0 Å². The van der Waals surface area contributed by atoms with E-state index in [9.17, 15) is 4.79 Å². The van der Waals surface area contributed by atoms with Gasteiger partial charge in [-0.2, -0.15) is 0 Å². The molecule has 0 saturated heterocycles. The molecule has 1 heterocycles. The van der Waals surface area contributed by atoms with Crippen LogP contribution in [0.3, 0.4) is 0 Å². The molecule has 0 aromatic heterocycles. The highest BCUT2D eigenvalue weighted by Crippen LogP contribution is 2.27. The normalized spacial score (nSPS) is 17.8. The van der Waals surface area contributed by atoms with Crippen LogP contribution in [0.15, 0.2) is 71.8 Å². The topological polar surface area (TPSA) is 32.3 Å². The standard InChI is InChI=1S/C23H28N2O.ClH/c1-17(14-15-20-10-6-4-7-11-20)25-22(18(2)19(3)23(25)26)24-16-21-12-8-5-9-13-21;/h4-13,17,22,24H,14-16H2,1-3H3;1H. The predicted octanol–water partition coefficient (Wildman–Crippen LogP) is 4.72. The van der Waals surface area contributed by atoms with Crippen LogP contribution in [0.25, 0.3) is 0 Å². The van der Waals surface area contributed by atoms with E-state index in [1.807, 2.05) is 36.1 Å². The van der Waals surface area contributed by atoms with Crippen molar-refractivity contribution in [2.24, 2.45) is 0 Å². The number of aryl methyl sites for hydroxylation is 1. The van der Waals surface area contributed by atoms with E-state index in [2.05, 4.69) is 55.6 Å². The largest absolute Gasteiger partial charge is 0.317 e. The molecule has 27 heavy (non-hydrogen) atoms. The lowest BCUT2D eigenvalue weighted by Crippen LogP contribution is -2.49. The maximum absolute atomic E-state index is 12.8. The van der Waals surface area contributed by atoms with Crippen LogP contribution in [0.2, 0.25) is 0 Å². The second-order valence-corrected chi connectivity index (χ2v) is 7.16. The summed E-state index contributed by atoms with van der Waals surface area (Å²) in [7, 11) is 0. The molecule has 0 radical (unpaired) electrons. The van der Waals surface area contributed by atoms with Crippen LogP contribution in [-0.2, 0) is 17.8 Å². The highest BCUT2D eigenvalue weighted by molar-refractivity contribution is 5.97. The smallest absolute Gasteiger partial charge is 0.251 e. The Balaban J connectivity index is 0.00000261. The number of carbonyl (C=O) groups is 1. The minimum absolute atomic E-state index is 0. The van der Waals surface area contributed by atoms with Gasteiger partial charge in [-0.3, -0.25) is 10.1 Å². The molecule has 144 valence electrons. The highest BCUT2D eigenvalue weighted by Gasteiger charge is 2.37. The number of benzene rings is 2. The molecule has 1 aliphatic rings. The summed E-state index contributed by atoms with van der Waals surface area (Å²) in [5.41, 5.74) is 4.56. The third kappa shape index (κ3) is 5.00. The molecule has 0 aliphatic carbocycles. The van der Waals surface area contributed by atoms with Gasteiger partial charge in [0.1, 0.15) is 6.17 Å². The van der Waals surface area contributed by atoms with Crippen molar-refractivity contribution >= 4 is 18.3 Å². The van der Waals surface area contributed by atoms with Gasteiger partial charge in [0.15, 0.2) is 0 Å². The Kier molecular flexibility index (Phi) is 7.64. The van der Waals surface area contributed by atoms with Gasteiger partial charge in [0, 0.05) is 18.2 Å². The van der Waals surface area contributed by atoms with Gasteiger partial charge >= 0.3 is 0 Å². The molecule has 4 heteroatoms. The molecular weight excluding hydrogens is 356 g/mol. The van der Waals surface area contributed by atoms with Crippen molar-refractivity contribution < 1.29 is 4.79 Å². The first-order chi connectivity index (χ1) is 12.6. The first kappa shape index (κ1) is 21.2. The minimum atomic E-state index is -0.0199. The summed E-state index contributed by atoms with van der Waals surface area (Å²) in [4.78, 5) is 14.8. The quantitative estimate of drug-likeness (QED) is 0.748. The van der Waals surface area contributed by atoms with Crippen LogP contribution in [0.1, 0.15) is 38.3 Å². The second-order valence-electron chi connectivity index (χ2n) is 7.16. The number of halogens is 1. The van der Waals surface area contributed by atoms with E-state index in [0.717, 1.165) is 30.5 Å². The maximum Gasteiger partial charge on any atom is 0.251 e. The van der Waals surface area contributed by atoms with Crippen molar-refractivity contribution in [3.63, 3.8) is 0 Å². The molecule has 3 rings (SSSR count). The molecule has 2 aromatic carbocycles. The lowest BCUT2D eigenvalue weighted by Gasteiger charge is -2.33. The lowest BCUT2D eigenvalue weighted by molar-refractivity contribution is -0.129. The molecule has 0 fully saturated rings. The maximum atomic E-state index is 12.8. The van der Waals surface area contributed by atoms with E-state index in [1.165, 1.54) is 11.1 Å². The fraction of sp³-hybridized carbons (Fsp3) is 0.348. The van der Waals surface area contributed by atoms with Gasteiger partial charge in [0.2, 0.25) is 0 Å². The van der Waals surface area contributed by atoms with Crippen molar-refractivity contribution in [3.05, 3.63) is 82.9 Å². The monoisotopic (exact) mass is 384 g/mol. The Morgan fingerprint density at radius 3 is 2.11 bits per heavy atom. The van der Waals surface area contributed by atoms with E-state index < -0.39 is 0 Å². The number of amides is 1. The molecule has 1 aliphatic heterocycles. The van der Waals surface area contributed by atoms with Gasteiger partial charge < -0.3 is 4.90 Å². The van der Waals surface area contributed by atoms with Crippen LogP contribution in [0.5, 0.6) is 0 Å². The fourth-order valence-electron chi connectivity index (χ4n) is 3.57. The zero-order valence-corrected chi connectivity index (χ0v) is 17.1. The summed E-state index contributed by atoms with van der Waals surface area (Å²) in [6.07, 6.45) is 1.92. The molecule has 2 atom stereocenters. The van der Waals surface area contributed by atoms with Crippen molar-refractivity contribution in [2.75, 3.05) is 0 Å². The SMILES string of the molecule is CC1=C(C)C(NCc2ccccc2)N(C(C)CCc2ccccc2)C1=O.Cl. The summed E-state index contributed by atoms with van der Waals surface area (Å²) in [6, 6.07) is 21.0. The van der Waals surface area contributed by atoms with Crippen molar-refractivity contribution in [1.82, 2.24) is 10.2 Å². The molecule has 1 amide bonds. The summed E-state index contributed by atoms with van der Waals surface area (Å²) in [5.74, 6) is 0.161. The zero-order chi connectivity index (χ0) is 18.5. The fourth-order valence-corrected chi connectivity index (χ4v) is 3.57. The molecule has 0 saturated carbocycles. The van der Waals surface area contributed by atoms with Crippen LogP contribution < -0.4 is 5.32 Å². The van der Waals surface area contributed by atoms with Crippen LogP contribution in [-0.4, -0.2) is 23.0 Å². The highest BCUT2D eigenvalue weighted by atomic mass is 35.5. The van der Waals surface area contributed by atoms with Gasteiger partial charge in [-0.1, -0.05) is 60.7 Å². The molecule has 1 N–H and O–H groups in total. The molecule has 2 unspecified atom stereocenters. The summed E-state index contributed by atoms with van der Waals surface area (Å²) in [6.45, 7) is 6.92. The van der Waals surface area contributed by atoms with E-state index in [1.54, 1.807) is 0 Å². The second kappa shape index (κ2) is 9.72. The van der Waals surface area contributed by atoms with Gasteiger partial charge in [0.25, 0.3) is 5.91 Å². The van der Waals surface area contributed by atoms with E-state index in [0.29, 0.717) is 0 Å². The minimum Gasteiger partial charge on any atom is -0.317 e. The van der Waals surface area contributed by atoms with Gasteiger partial charge in [0.05, 0.1) is 0 Å². The number of nitrogens with zero attached hydrogens (tertiary/aromatic N) is 1. The zero-order valence-electron chi connectivity index (χ0n) is 16.3. The Morgan fingerprint density at radius 2 is 1.52 bits per heavy atom. The van der Waals surface area contributed by atoms with Gasteiger partial charge in [-0.15, -0.1) is 12.4 Å². The molecular formula is C23H29ClN2O. The number of carbonyl (C=O) groups excluding carboxylic acids is 1. The van der Waals surface area contributed by atoms with Crippen LogP contribution >= 0.6 is 12.4 Å². The Hall–Kier alpha value is -2.10. The third-order valence-electron chi connectivity index (χ3n) is 5.35. The van der Waals surface area contributed by atoms with Crippen LogP contribution in [0.4, 0.5) is 0 Å². The van der Waals surface area contributed by atoms with Crippen LogP contribution in [0, 0.1) is 0 Å². The Labute approximate surface area is 168 Å². The summed E-state index contributed by atoms with van der Waals surface area (Å²) < 4.78 is 0. The first-order valence-electron chi connectivity index (χ1n) is 9.39. The average molecular weight is 385 g/mol. The van der Waals surface area contributed by atoms with E-state index in [-0.39, 0.29) is 30.5 Å². The lowest BCUT2D eigenvalue weighted by atomic mass is 10.0. The van der Waals surface area contributed by atoms with Gasteiger partial charge in [-0.25, -0.2) is 0 Å². The number of hydrogen-bond acceptors (Lipinski definition) is 2. The molecule has 0 spiro atoms. The van der Waals surface area contributed by atoms with Gasteiger partial charge in [-0.05, 0) is 50.3 Å². The first-order valence-corrected chi connectivity index (χ1v) is 9.39. The molecule has 0 bridgehead atoms. The Bertz CT molecular complexity index is 773. The van der Waals surface area contributed by atoms with E-state index >= 15 is 0 Å². The average Bonchev–Trinajstić information content (AvgIpc) is 2.90. The number of nitrogens with one attached hydrogen (secondary N) is 1. The summed E-state index contributed by atoms with van der Waals surface area (Å²) in [5, 5.41) is 3.58. The summed E-state index contributed by atoms with van der Waals surface area (Å²) >= 11 is 0. The third-order valence-corrected chi connectivity index (χ3v) is 5.35. The number of hydrogen-bond donors (Lipinski definition) is 1. The van der Waals surface area contributed by atoms with Crippen molar-refractivity contribution in [1.29, 1.82) is 0 Å².